The van der Waals surface area contributed by atoms with E-state index >= 15 is 0 Å². The maximum absolute atomic E-state index is 10.6. The molecule has 1 unspecified atom stereocenters. The molecule has 0 amide bonds. The van der Waals surface area contributed by atoms with Crippen LogP contribution < -0.4 is 4.90 Å². The first-order chi connectivity index (χ1) is 9.22. The normalized spacial score (nSPS) is 19.2. The highest BCUT2D eigenvalue weighted by molar-refractivity contribution is 5.66. The van der Waals surface area contributed by atoms with Gasteiger partial charge in [-0.3, -0.25) is 4.79 Å². The summed E-state index contributed by atoms with van der Waals surface area (Å²) in [4.78, 5) is 17.4. The van der Waals surface area contributed by atoms with Crippen molar-refractivity contribution in [3.8, 4) is 0 Å². The van der Waals surface area contributed by atoms with Crippen LogP contribution >= 0.6 is 0 Å². The lowest BCUT2D eigenvalue weighted by Gasteiger charge is -2.17. The number of hydrogen-bond donors (Lipinski definition) is 1. The molecule has 1 aliphatic rings. The molecule has 19 heavy (non-hydrogen) atoms. The number of carboxylic acid groups (broad SMARTS) is 1. The lowest BCUT2D eigenvalue weighted by molar-refractivity contribution is -0.137. The molecule has 1 saturated heterocycles. The minimum atomic E-state index is -0.711. The monoisotopic (exact) mass is 260 g/mol. The summed E-state index contributed by atoms with van der Waals surface area (Å²) in [5.74, 6) is 0.696. The molecule has 3 rings (SSSR count). The van der Waals surface area contributed by atoms with Crippen LogP contribution in [0.1, 0.15) is 19.3 Å². The Bertz CT molecular complexity index is 595. The first-order valence-electron chi connectivity index (χ1n) is 6.49. The number of carbonyl (C=O) groups is 1. The molecule has 1 fully saturated rings. The third kappa shape index (κ3) is 2.52. The van der Waals surface area contributed by atoms with Gasteiger partial charge >= 0.3 is 5.97 Å². The van der Waals surface area contributed by atoms with Gasteiger partial charge in [-0.1, -0.05) is 0 Å². The molecule has 6 heteroatoms. The Hall–Kier alpha value is -2.11. The van der Waals surface area contributed by atoms with Crippen LogP contribution in [0.4, 0.5) is 5.82 Å². The van der Waals surface area contributed by atoms with Crippen molar-refractivity contribution in [3.05, 3.63) is 24.5 Å². The number of aliphatic carboxylic acids is 1. The molecule has 3 heterocycles. The maximum Gasteiger partial charge on any atom is 0.303 e. The fourth-order valence-electron chi connectivity index (χ4n) is 2.58. The van der Waals surface area contributed by atoms with Gasteiger partial charge in [-0.2, -0.15) is 5.10 Å². The Labute approximate surface area is 110 Å². The standard InChI is InChI=1S/C13H16N4O2/c18-13(19)2-1-10-4-7-16(9-10)11-5-8-17-12(15-11)3-6-14-17/h3,5-6,8,10H,1-2,4,7,9H2,(H,18,19). The van der Waals surface area contributed by atoms with Gasteiger partial charge in [-0.25, -0.2) is 9.50 Å². The van der Waals surface area contributed by atoms with Gasteiger partial charge in [-0.05, 0) is 24.8 Å². The minimum Gasteiger partial charge on any atom is -0.481 e. The first kappa shape index (κ1) is 12.0. The zero-order valence-electron chi connectivity index (χ0n) is 10.6. The Morgan fingerprint density at radius 2 is 2.37 bits per heavy atom. The number of anilines is 1. The second-order valence-corrected chi connectivity index (χ2v) is 4.95. The van der Waals surface area contributed by atoms with Crippen molar-refractivity contribution in [1.82, 2.24) is 14.6 Å². The zero-order valence-corrected chi connectivity index (χ0v) is 10.6. The van der Waals surface area contributed by atoms with E-state index < -0.39 is 5.97 Å². The molecule has 6 nitrogen and oxygen atoms in total. The average Bonchev–Trinajstić information content (AvgIpc) is 3.04. The molecule has 0 bridgehead atoms. The van der Waals surface area contributed by atoms with Crippen LogP contribution in [-0.2, 0) is 4.79 Å². The fraction of sp³-hybridized carbons (Fsp3) is 0.462. The van der Waals surface area contributed by atoms with Crippen LogP contribution in [-0.4, -0.2) is 38.8 Å². The van der Waals surface area contributed by atoms with Crippen molar-refractivity contribution >= 4 is 17.4 Å². The van der Waals surface area contributed by atoms with E-state index in [0.29, 0.717) is 5.92 Å². The number of rotatable bonds is 4. The molecule has 1 N–H and O–H groups in total. The zero-order chi connectivity index (χ0) is 13.2. The SMILES string of the molecule is O=C(O)CCC1CCN(c2ccn3nccc3n2)C1. The molecule has 0 radical (unpaired) electrons. The van der Waals surface area contributed by atoms with E-state index in [1.165, 1.54) is 0 Å². The summed E-state index contributed by atoms with van der Waals surface area (Å²) in [5.41, 5.74) is 0.839. The molecule has 1 atom stereocenters. The summed E-state index contributed by atoms with van der Waals surface area (Å²) >= 11 is 0. The summed E-state index contributed by atoms with van der Waals surface area (Å²) in [6, 6.07) is 3.83. The quantitative estimate of drug-likeness (QED) is 0.900. The molecule has 2 aromatic rings. The van der Waals surface area contributed by atoms with Gasteiger partial charge in [0.15, 0.2) is 5.65 Å². The number of carboxylic acids is 1. The van der Waals surface area contributed by atoms with Crippen LogP contribution in [0.25, 0.3) is 5.65 Å². The smallest absolute Gasteiger partial charge is 0.303 e. The van der Waals surface area contributed by atoms with Gasteiger partial charge in [0.05, 0.1) is 6.20 Å². The third-order valence-electron chi connectivity index (χ3n) is 3.62. The summed E-state index contributed by atoms with van der Waals surface area (Å²) in [5, 5.41) is 12.8. The van der Waals surface area contributed by atoms with Crippen molar-refractivity contribution in [2.24, 2.45) is 5.92 Å². The van der Waals surface area contributed by atoms with Crippen molar-refractivity contribution < 1.29 is 9.90 Å². The topological polar surface area (TPSA) is 70.7 Å². The van der Waals surface area contributed by atoms with E-state index in [1.807, 2.05) is 18.3 Å². The van der Waals surface area contributed by atoms with E-state index in [-0.39, 0.29) is 6.42 Å². The number of hydrogen-bond acceptors (Lipinski definition) is 4. The predicted molar refractivity (Wildman–Crippen MR) is 70.2 cm³/mol. The van der Waals surface area contributed by atoms with Crippen LogP contribution in [0.2, 0.25) is 0 Å². The highest BCUT2D eigenvalue weighted by Crippen LogP contribution is 2.25. The Kier molecular flexibility index (Phi) is 3.06. The second kappa shape index (κ2) is 4.87. The van der Waals surface area contributed by atoms with Crippen LogP contribution in [0.15, 0.2) is 24.5 Å². The second-order valence-electron chi connectivity index (χ2n) is 4.95. The van der Waals surface area contributed by atoms with E-state index in [1.54, 1.807) is 10.7 Å². The summed E-state index contributed by atoms with van der Waals surface area (Å²) < 4.78 is 1.74. The van der Waals surface area contributed by atoms with E-state index in [2.05, 4.69) is 15.0 Å². The molecule has 100 valence electrons. The van der Waals surface area contributed by atoms with Gasteiger partial charge in [0.1, 0.15) is 5.82 Å². The molecular formula is C13H16N4O2. The van der Waals surface area contributed by atoms with E-state index in [9.17, 15) is 4.79 Å². The largest absolute Gasteiger partial charge is 0.481 e. The van der Waals surface area contributed by atoms with Gasteiger partial charge in [0.2, 0.25) is 0 Å². The van der Waals surface area contributed by atoms with Crippen molar-refractivity contribution in [3.63, 3.8) is 0 Å². The molecule has 0 spiro atoms. The molecule has 0 saturated carbocycles. The highest BCUT2D eigenvalue weighted by atomic mass is 16.4. The van der Waals surface area contributed by atoms with Crippen LogP contribution in [0.3, 0.4) is 0 Å². The fourth-order valence-corrected chi connectivity index (χ4v) is 2.58. The molecule has 2 aromatic heterocycles. The molecule has 1 aliphatic heterocycles. The average molecular weight is 260 g/mol. The summed E-state index contributed by atoms with van der Waals surface area (Å²) in [6.45, 7) is 1.84. The highest BCUT2D eigenvalue weighted by Gasteiger charge is 2.24. The molecular weight excluding hydrogens is 244 g/mol. The van der Waals surface area contributed by atoms with Crippen LogP contribution in [0, 0.1) is 5.92 Å². The first-order valence-corrected chi connectivity index (χ1v) is 6.49. The van der Waals surface area contributed by atoms with Gasteiger partial charge < -0.3 is 10.0 Å². The predicted octanol–water partition coefficient (Wildman–Crippen LogP) is 1.42. The van der Waals surface area contributed by atoms with Crippen LogP contribution in [0.5, 0.6) is 0 Å². The minimum absolute atomic E-state index is 0.258. The van der Waals surface area contributed by atoms with Gasteiger partial charge in [0.25, 0.3) is 0 Å². The third-order valence-corrected chi connectivity index (χ3v) is 3.62. The van der Waals surface area contributed by atoms with Crippen molar-refractivity contribution in [2.45, 2.75) is 19.3 Å². The van der Waals surface area contributed by atoms with Crippen molar-refractivity contribution in [1.29, 1.82) is 0 Å². The van der Waals surface area contributed by atoms with Gasteiger partial charge in [0, 0.05) is 31.8 Å². The maximum atomic E-state index is 10.6. The van der Waals surface area contributed by atoms with E-state index in [4.69, 9.17) is 5.11 Å². The Balaban J connectivity index is 1.68. The molecule has 0 aromatic carbocycles. The van der Waals surface area contributed by atoms with E-state index in [0.717, 1.165) is 37.4 Å². The lowest BCUT2D eigenvalue weighted by Crippen LogP contribution is -2.21. The van der Waals surface area contributed by atoms with Crippen molar-refractivity contribution in [2.75, 3.05) is 18.0 Å². The Morgan fingerprint density at radius 3 is 3.21 bits per heavy atom. The number of fused-ring (bicyclic) bond motifs is 1. The summed E-state index contributed by atoms with van der Waals surface area (Å²) in [6.07, 6.45) is 5.68. The van der Waals surface area contributed by atoms with Gasteiger partial charge in [-0.15, -0.1) is 0 Å². The summed E-state index contributed by atoms with van der Waals surface area (Å²) in [7, 11) is 0. The Morgan fingerprint density at radius 1 is 1.47 bits per heavy atom. The lowest BCUT2D eigenvalue weighted by atomic mass is 10.0. The molecule has 0 aliphatic carbocycles. The number of nitrogens with zero attached hydrogens (tertiary/aromatic N) is 4. The number of aromatic nitrogens is 3.